The van der Waals surface area contributed by atoms with Crippen LogP contribution in [0.4, 0.5) is 4.39 Å². The van der Waals surface area contributed by atoms with Crippen LogP contribution in [0.5, 0.6) is 0 Å². The lowest BCUT2D eigenvalue weighted by Crippen LogP contribution is -2.31. The number of benzene rings is 1. The van der Waals surface area contributed by atoms with E-state index >= 15 is 0 Å². The zero-order chi connectivity index (χ0) is 14.1. The minimum absolute atomic E-state index is 0.00381. The van der Waals surface area contributed by atoms with Gasteiger partial charge in [0.2, 0.25) is 0 Å². The fraction of sp³-hybridized carbons (Fsp3) is 0.267. The Morgan fingerprint density at radius 3 is 3.10 bits per heavy atom. The maximum Gasteiger partial charge on any atom is 0.254 e. The van der Waals surface area contributed by atoms with Gasteiger partial charge in [0, 0.05) is 9.35 Å². The maximum absolute atomic E-state index is 13.7. The number of carbonyl (C=O) groups excluding carboxylic acids is 1. The van der Waals surface area contributed by atoms with E-state index in [1.165, 1.54) is 22.6 Å². The molecule has 0 aliphatic heterocycles. The third-order valence-corrected chi connectivity index (χ3v) is 5.02. The van der Waals surface area contributed by atoms with Gasteiger partial charge in [-0.15, -0.1) is 11.3 Å². The second-order valence-corrected chi connectivity index (χ2v) is 6.76. The lowest BCUT2D eigenvalue weighted by Gasteiger charge is -2.23. The normalized spacial score (nSPS) is 17.6. The van der Waals surface area contributed by atoms with Crippen LogP contribution in [0.3, 0.4) is 0 Å². The largest absolute Gasteiger partial charge is 0.345 e. The summed E-state index contributed by atoms with van der Waals surface area (Å²) in [6, 6.07) is 6.46. The molecule has 2 nitrogen and oxygen atoms in total. The smallest absolute Gasteiger partial charge is 0.254 e. The van der Waals surface area contributed by atoms with Crippen molar-refractivity contribution < 1.29 is 9.18 Å². The van der Waals surface area contributed by atoms with Crippen LogP contribution in [-0.2, 0) is 6.42 Å². The van der Waals surface area contributed by atoms with Gasteiger partial charge in [0.25, 0.3) is 5.91 Å². The molecular formula is C15H13BrFNOS. The number of nitrogens with one attached hydrogen (secondary N) is 1. The summed E-state index contributed by atoms with van der Waals surface area (Å²) in [5.74, 6) is -0.847. The van der Waals surface area contributed by atoms with E-state index in [1.54, 1.807) is 17.4 Å². The number of amides is 1. The average Bonchev–Trinajstić information content (AvgIpc) is 2.91. The number of halogens is 2. The first-order chi connectivity index (χ1) is 9.65. The molecule has 1 aliphatic carbocycles. The van der Waals surface area contributed by atoms with Gasteiger partial charge in [-0.3, -0.25) is 4.79 Å². The summed E-state index contributed by atoms with van der Waals surface area (Å²) < 4.78 is 14.4. The van der Waals surface area contributed by atoms with E-state index in [-0.39, 0.29) is 17.5 Å². The Morgan fingerprint density at radius 1 is 1.40 bits per heavy atom. The molecule has 1 amide bonds. The Kier molecular flexibility index (Phi) is 3.89. The SMILES string of the molecule is O=C(NC1CCCc2sccc21)c1cc(Br)ccc1F. The van der Waals surface area contributed by atoms with Gasteiger partial charge in [0.15, 0.2) is 0 Å². The molecule has 3 rings (SSSR count). The molecule has 20 heavy (non-hydrogen) atoms. The molecule has 1 atom stereocenters. The summed E-state index contributed by atoms with van der Waals surface area (Å²) in [6.07, 6.45) is 3.04. The predicted molar refractivity (Wildman–Crippen MR) is 81.6 cm³/mol. The topological polar surface area (TPSA) is 29.1 Å². The van der Waals surface area contributed by atoms with Gasteiger partial charge < -0.3 is 5.32 Å². The van der Waals surface area contributed by atoms with Gasteiger partial charge in [-0.05, 0) is 54.5 Å². The Bertz CT molecular complexity index is 655. The van der Waals surface area contributed by atoms with Crippen LogP contribution < -0.4 is 5.32 Å². The third kappa shape index (κ3) is 2.65. The Morgan fingerprint density at radius 2 is 2.25 bits per heavy atom. The number of rotatable bonds is 2. The Balaban J connectivity index is 1.82. The fourth-order valence-corrected chi connectivity index (χ4v) is 3.89. The summed E-state index contributed by atoms with van der Waals surface area (Å²) in [7, 11) is 0. The highest BCUT2D eigenvalue weighted by molar-refractivity contribution is 9.10. The summed E-state index contributed by atoms with van der Waals surface area (Å²) in [5.41, 5.74) is 1.27. The zero-order valence-corrected chi connectivity index (χ0v) is 13.1. The average molecular weight is 354 g/mol. The van der Waals surface area contributed by atoms with Gasteiger partial charge in [-0.25, -0.2) is 4.39 Å². The lowest BCUT2D eigenvalue weighted by atomic mass is 9.94. The first-order valence-electron chi connectivity index (χ1n) is 6.47. The van der Waals surface area contributed by atoms with Gasteiger partial charge in [0.05, 0.1) is 11.6 Å². The minimum Gasteiger partial charge on any atom is -0.345 e. The van der Waals surface area contributed by atoms with Crippen molar-refractivity contribution in [3.8, 4) is 0 Å². The minimum atomic E-state index is -0.493. The Hall–Kier alpha value is -1.20. The number of carbonyl (C=O) groups is 1. The Labute approximate surface area is 129 Å². The van der Waals surface area contributed by atoms with E-state index in [4.69, 9.17) is 0 Å². The van der Waals surface area contributed by atoms with E-state index in [0.717, 1.165) is 19.3 Å². The van der Waals surface area contributed by atoms with Crippen LogP contribution in [-0.4, -0.2) is 5.91 Å². The molecule has 1 heterocycles. The summed E-state index contributed by atoms with van der Waals surface area (Å²) in [6.45, 7) is 0. The number of hydrogen-bond donors (Lipinski definition) is 1. The van der Waals surface area contributed by atoms with Crippen molar-refractivity contribution >= 4 is 33.2 Å². The summed E-state index contributed by atoms with van der Waals surface area (Å²) >= 11 is 4.99. The van der Waals surface area contributed by atoms with Crippen LogP contribution in [0, 0.1) is 5.82 Å². The molecule has 0 radical (unpaired) electrons. The maximum atomic E-state index is 13.7. The number of aryl methyl sites for hydroxylation is 1. The molecule has 0 fully saturated rings. The molecule has 5 heteroatoms. The van der Waals surface area contributed by atoms with E-state index in [0.29, 0.717) is 4.47 Å². The molecule has 1 aliphatic rings. The highest BCUT2D eigenvalue weighted by Gasteiger charge is 2.24. The van der Waals surface area contributed by atoms with Gasteiger partial charge in [-0.1, -0.05) is 15.9 Å². The van der Waals surface area contributed by atoms with E-state index < -0.39 is 5.82 Å². The lowest BCUT2D eigenvalue weighted by molar-refractivity contribution is 0.0929. The molecule has 104 valence electrons. The molecule has 0 bridgehead atoms. The van der Waals surface area contributed by atoms with Crippen LogP contribution in [0.2, 0.25) is 0 Å². The molecule has 1 N–H and O–H groups in total. The molecule has 1 unspecified atom stereocenters. The van der Waals surface area contributed by atoms with Crippen molar-refractivity contribution in [2.45, 2.75) is 25.3 Å². The van der Waals surface area contributed by atoms with Crippen LogP contribution in [0.25, 0.3) is 0 Å². The van der Waals surface area contributed by atoms with Crippen LogP contribution in [0.1, 0.15) is 39.7 Å². The van der Waals surface area contributed by atoms with Gasteiger partial charge in [0.1, 0.15) is 5.82 Å². The standard InChI is InChI=1S/C15H13BrFNOS/c16-9-4-5-12(17)11(8-9)15(19)18-13-2-1-3-14-10(13)6-7-20-14/h4-8,13H,1-3H2,(H,18,19). The van der Waals surface area contributed by atoms with Crippen molar-refractivity contribution in [2.75, 3.05) is 0 Å². The molecule has 2 aromatic rings. The number of fused-ring (bicyclic) bond motifs is 1. The third-order valence-electron chi connectivity index (χ3n) is 3.53. The monoisotopic (exact) mass is 353 g/mol. The first kappa shape index (κ1) is 13.8. The van der Waals surface area contributed by atoms with Gasteiger partial charge >= 0.3 is 0 Å². The van der Waals surface area contributed by atoms with Crippen molar-refractivity contribution in [1.29, 1.82) is 0 Å². The number of hydrogen-bond acceptors (Lipinski definition) is 2. The molecule has 0 saturated carbocycles. The second-order valence-electron chi connectivity index (χ2n) is 4.84. The van der Waals surface area contributed by atoms with Gasteiger partial charge in [-0.2, -0.15) is 0 Å². The van der Waals surface area contributed by atoms with Crippen molar-refractivity contribution in [3.63, 3.8) is 0 Å². The van der Waals surface area contributed by atoms with Crippen LogP contribution in [0.15, 0.2) is 34.1 Å². The summed E-state index contributed by atoms with van der Waals surface area (Å²) in [5, 5.41) is 5.00. The zero-order valence-electron chi connectivity index (χ0n) is 10.7. The quantitative estimate of drug-likeness (QED) is 0.848. The van der Waals surface area contributed by atoms with Crippen molar-refractivity contribution in [3.05, 3.63) is 55.9 Å². The van der Waals surface area contributed by atoms with Crippen LogP contribution >= 0.6 is 27.3 Å². The highest BCUT2D eigenvalue weighted by Crippen LogP contribution is 2.33. The molecule has 1 aromatic carbocycles. The molecule has 0 spiro atoms. The predicted octanol–water partition coefficient (Wildman–Crippen LogP) is 4.46. The van der Waals surface area contributed by atoms with E-state index in [2.05, 4.69) is 32.7 Å². The van der Waals surface area contributed by atoms with E-state index in [9.17, 15) is 9.18 Å². The first-order valence-corrected chi connectivity index (χ1v) is 8.14. The highest BCUT2D eigenvalue weighted by atomic mass is 79.9. The van der Waals surface area contributed by atoms with Crippen molar-refractivity contribution in [2.24, 2.45) is 0 Å². The summed E-state index contributed by atoms with van der Waals surface area (Å²) in [4.78, 5) is 13.6. The molecular weight excluding hydrogens is 341 g/mol. The fourth-order valence-electron chi connectivity index (χ4n) is 2.54. The second kappa shape index (κ2) is 5.66. The molecule has 1 aromatic heterocycles. The van der Waals surface area contributed by atoms with Crippen molar-refractivity contribution in [1.82, 2.24) is 5.32 Å². The van der Waals surface area contributed by atoms with E-state index in [1.807, 2.05) is 0 Å². The molecule has 0 saturated heterocycles. The number of thiophene rings is 1.